The lowest BCUT2D eigenvalue weighted by Gasteiger charge is -2.31. The normalized spacial score (nSPS) is 17.2. The maximum atomic E-state index is 12.2. The first kappa shape index (κ1) is 12.1. The SMILES string of the molecule is CC(C)C(O)CN1CCc2ccccc2C1=O. The van der Waals surface area contributed by atoms with Crippen molar-refractivity contribution in [3.05, 3.63) is 35.4 Å². The molecule has 1 unspecified atom stereocenters. The van der Waals surface area contributed by atoms with E-state index in [4.69, 9.17) is 0 Å². The Hall–Kier alpha value is -1.35. The zero-order valence-corrected chi connectivity index (χ0v) is 10.4. The minimum absolute atomic E-state index is 0.0477. The Balaban J connectivity index is 2.12. The molecule has 1 atom stereocenters. The molecule has 0 radical (unpaired) electrons. The summed E-state index contributed by atoms with van der Waals surface area (Å²) in [6, 6.07) is 7.72. The Morgan fingerprint density at radius 2 is 2.06 bits per heavy atom. The molecule has 1 aromatic carbocycles. The quantitative estimate of drug-likeness (QED) is 0.863. The van der Waals surface area contributed by atoms with Crippen molar-refractivity contribution in [2.24, 2.45) is 5.92 Å². The first-order chi connectivity index (χ1) is 8.09. The maximum Gasteiger partial charge on any atom is 0.254 e. The Labute approximate surface area is 102 Å². The van der Waals surface area contributed by atoms with Gasteiger partial charge in [0.15, 0.2) is 0 Å². The summed E-state index contributed by atoms with van der Waals surface area (Å²) < 4.78 is 0. The van der Waals surface area contributed by atoms with Crippen LogP contribution in [-0.4, -0.2) is 35.1 Å². The van der Waals surface area contributed by atoms with E-state index in [1.807, 2.05) is 38.1 Å². The molecule has 17 heavy (non-hydrogen) atoms. The van der Waals surface area contributed by atoms with Gasteiger partial charge >= 0.3 is 0 Å². The standard InChI is InChI=1S/C14H19NO2/c1-10(2)13(16)9-15-8-7-11-5-3-4-6-12(11)14(15)17/h3-6,10,13,16H,7-9H2,1-2H3. The molecular weight excluding hydrogens is 214 g/mol. The molecule has 1 aliphatic heterocycles. The van der Waals surface area contributed by atoms with Gasteiger partial charge in [-0.15, -0.1) is 0 Å². The fourth-order valence-electron chi connectivity index (χ4n) is 2.09. The van der Waals surface area contributed by atoms with E-state index in [0.717, 1.165) is 17.5 Å². The smallest absolute Gasteiger partial charge is 0.254 e. The second-order valence-electron chi connectivity index (χ2n) is 4.97. The van der Waals surface area contributed by atoms with Crippen molar-refractivity contribution in [3.8, 4) is 0 Å². The number of fused-ring (bicyclic) bond motifs is 1. The summed E-state index contributed by atoms with van der Waals surface area (Å²) in [4.78, 5) is 13.9. The average Bonchev–Trinajstić information content (AvgIpc) is 2.33. The van der Waals surface area contributed by atoms with E-state index >= 15 is 0 Å². The molecule has 92 valence electrons. The zero-order chi connectivity index (χ0) is 12.4. The highest BCUT2D eigenvalue weighted by atomic mass is 16.3. The van der Waals surface area contributed by atoms with E-state index in [1.165, 1.54) is 0 Å². The van der Waals surface area contributed by atoms with Crippen LogP contribution in [0.2, 0.25) is 0 Å². The Kier molecular flexibility index (Phi) is 3.48. The van der Waals surface area contributed by atoms with Crippen LogP contribution in [-0.2, 0) is 6.42 Å². The van der Waals surface area contributed by atoms with Crippen LogP contribution in [0.5, 0.6) is 0 Å². The second kappa shape index (κ2) is 4.88. The number of hydrogen-bond donors (Lipinski definition) is 1. The second-order valence-corrected chi connectivity index (χ2v) is 4.97. The van der Waals surface area contributed by atoms with Crippen molar-refractivity contribution < 1.29 is 9.90 Å². The molecule has 1 amide bonds. The third-order valence-electron chi connectivity index (χ3n) is 3.36. The lowest BCUT2D eigenvalue weighted by Crippen LogP contribution is -2.43. The first-order valence-corrected chi connectivity index (χ1v) is 6.15. The molecule has 0 fully saturated rings. The number of aliphatic hydroxyl groups excluding tert-OH is 1. The maximum absolute atomic E-state index is 12.2. The Morgan fingerprint density at radius 1 is 1.35 bits per heavy atom. The summed E-state index contributed by atoms with van der Waals surface area (Å²) in [5.41, 5.74) is 1.91. The predicted octanol–water partition coefficient (Wildman–Crippen LogP) is 1.70. The molecule has 0 aromatic heterocycles. The fraction of sp³-hybridized carbons (Fsp3) is 0.500. The number of hydrogen-bond acceptors (Lipinski definition) is 2. The van der Waals surface area contributed by atoms with Crippen molar-refractivity contribution >= 4 is 5.91 Å². The molecule has 3 heteroatoms. The minimum Gasteiger partial charge on any atom is -0.391 e. The number of carbonyl (C=O) groups excluding carboxylic acids is 1. The largest absolute Gasteiger partial charge is 0.391 e. The van der Waals surface area contributed by atoms with Crippen molar-refractivity contribution in [3.63, 3.8) is 0 Å². The summed E-state index contributed by atoms with van der Waals surface area (Å²) in [5, 5.41) is 9.85. The molecular formula is C14H19NO2. The van der Waals surface area contributed by atoms with Crippen LogP contribution >= 0.6 is 0 Å². The van der Waals surface area contributed by atoms with Gasteiger partial charge < -0.3 is 10.0 Å². The van der Waals surface area contributed by atoms with Crippen molar-refractivity contribution in [1.82, 2.24) is 4.90 Å². The molecule has 2 rings (SSSR count). The van der Waals surface area contributed by atoms with E-state index in [1.54, 1.807) is 4.90 Å². The number of carbonyl (C=O) groups is 1. The molecule has 1 aliphatic rings. The number of benzene rings is 1. The molecule has 0 aliphatic carbocycles. The van der Waals surface area contributed by atoms with Gasteiger partial charge in [0.25, 0.3) is 5.91 Å². The molecule has 1 heterocycles. The van der Waals surface area contributed by atoms with Crippen molar-refractivity contribution in [2.75, 3.05) is 13.1 Å². The van der Waals surface area contributed by atoms with Gasteiger partial charge in [0, 0.05) is 18.7 Å². The van der Waals surface area contributed by atoms with Gasteiger partial charge in [-0.2, -0.15) is 0 Å². The number of β-amino-alcohol motifs (C(OH)–C–C–N with tert-alkyl or cyclic N) is 1. The van der Waals surface area contributed by atoms with Gasteiger partial charge in [-0.1, -0.05) is 32.0 Å². The van der Waals surface area contributed by atoms with Gasteiger partial charge in [0.1, 0.15) is 0 Å². The lowest BCUT2D eigenvalue weighted by atomic mass is 9.98. The third-order valence-corrected chi connectivity index (χ3v) is 3.36. The van der Waals surface area contributed by atoms with Crippen LogP contribution < -0.4 is 0 Å². The van der Waals surface area contributed by atoms with Crippen LogP contribution in [0.3, 0.4) is 0 Å². The van der Waals surface area contributed by atoms with Crippen molar-refractivity contribution in [1.29, 1.82) is 0 Å². The highest BCUT2D eigenvalue weighted by Crippen LogP contribution is 2.19. The summed E-state index contributed by atoms with van der Waals surface area (Å²) >= 11 is 0. The summed E-state index contributed by atoms with van der Waals surface area (Å²) in [5.74, 6) is 0.228. The van der Waals surface area contributed by atoms with Gasteiger partial charge in [0.2, 0.25) is 0 Å². The van der Waals surface area contributed by atoms with Crippen LogP contribution in [0, 0.1) is 5.92 Å². The van der Waals surface area contributed by atoms with Crippen molar-refractivity contribution in [2.45, 2.75) is 26.4 Å². The van der Waals surface area contributed by atoms with E-state index in [-0.39, 0.29) is 11.8 Å². The van der Waals surface area contributed by atoms with Gasteiger partial charge in [0.05, 0.1) is 6.10 Å². The third kappa shape index (κ3) is 2.50. The Morgan fingerprint density at radius 3 is 2.76 bits per heavy atom. The zero-order valence-electron chi connectivity index (χ0n) is 10.4. The van der Waals surface area contributed by atoms with Crippen LogP contribution in [0.1, 0.15) is 29.8 Å². The number of aliphatic hydroxyl groups is 1. The number of nitrogens with zero attached hydrogens (tertiary/aromatic N) is 1. The molecule has 0 spiro atoms. The summed E-state index contributed by atoms with van der Waals surface area (Å²) in [7, 11) is 0. The topological polar surface area (TPSA) is 40.5 Å². The van der Waals surface area contributed by atoms with E-state index < -0.39 is 6.10 Å². The van der Waals surface area contributed by atoms with Crippen LogP contribution in [0.15, 0.2) is 24.3 Å². The monoisotopic (exact) mass is 233 g/mol. The molecule has 0 bridgehead atoms. The molecule has 0 saturated heterocycles. The summed E-state index contributed by atoms with van der Waals surface area (Å²) in [6.07, 6.45) is 0.441. The summed E-state index contributed by atoms with van der Waals surface area (Å²) in [6.45, 7) is 5.07. The first-order valence-electron chi connectivity index (χ1n) is 6.15. The molecule has 3 nitrogen and oxygen atoms in total. The van der Waals surface area contributed by atoms with Gasteiger partial charge in [-0.3, -0.25) is 4.79 Å². The van der Waals surface area contributed by atoms with Crippen LogP contribution in [0.4, 0.5) is 0 Å². The van der Waals surface area contributed by atoms with Gasteiger partial charge in [-0.25, -0.2) is 0 Å². The number of rotatable bonds is 3. The minimum atomic E-state index is -0.441. The van der Waals surface area contributed by atoms with Crippen LogP contribution in [0.25, 0.3) is 0 Å². The molecule has 1 aromatic rings. The van der Waals surface area contributed by atoms with E-state index in [0.29, 0.717) is 13.1 Å². The number of amides is 1. The fourth-order valence-corrected chi connectivity index (χ4v) is 2.09. The van der Waals surface area contributed by atoms with E-state index in [2.05, 4.69) is 0 Å². The predicted molar refractivity (Wildman–Crippen MR) is 66.9 cm³/mol. The molecule has 1 N–H and O–H groups in total. The molecule has 0 saturated carbocycles. The van der Waals surface area contributed by atoms with E-state index in [9.17, 15) is 9.90 Å². The average molecular weight is 233 g/mol. The Bertz CT molecular complexity index is 414. The lowest BCUT2D eigenvalue weighted by molar-refractivity contribution is 0.0508. The van der Waals surface area contributed by atoms with Gasteiger partial charge in [-0.05, 0) is 24.0 Å². The highest BCUT2D eigenvalue weighted by Gasteiger charge is 2.26. The highest BCUT2D eigenvalue weighted by molar-refractivity contribution is 5.96.